The van der Waals surface area contributed by atoms with Crippen molar-refractivity contribution in [1.82, 2.24) is 0 Å². The normalized spacial score (nSPS) is 14.1. The summed E-state index contributed by atoms with van der Waals surface area (Å²) in [4.78, 5) is 23.6. The minimum absolute atomic E-state index is 0.260. The Labute approximate surface area is 169 Å². The van der Waals surface area contributed by atoms with Crippen LogP contribution in [0.5, 0.6) is 5.75 Å². The Balaban J connectivity index is 1.61. The fourth-order valence-electron chi connectivity index (χ4n) is 3.00. The first kappa shape index (κ1) is 21.2. The summed E-state index contributed by atoms with van der Waals surface area (Å²) < 4.78 is 27.4. The van der Waals surface area contributed by atoms with Gasteiger partial charge in [0.05, 0.1) is 24.3 Å². The molecule has 0 saturated carbocycles. The summed E-state index contributed by atoms with van der Waals surface area (Å²) in [6.45, 7) is 6.25. The smallest absolute Gasteiger partial charge is 0.346 e. The van der Waals surface area contributed by atoms with E-state index in [1.54, 1.807) is 12.1 Å². The first-order chi connectivity index (χ1) is 14.1. The minimum Gasteiger partial charge on any atom is -0.491 e. The standard InChI is InChI=1S/C22H26O7/c1-3-5-9-27-20(14-25-4-2)28-11-10-26-19-8-6-7-15-12-17-18(13-16(15)19)22(24)29-21(17)23/h6-8,12-13,20H,3-5,9-11,14H2,1-2H3. The predicted octanol–water partition coefficient (Wildman–Crippen LogP) is 3.73. The molecule has 1 atom stereocenters. The van der Waals surface area contributed by atoms with Crippen molar-refractivity contribution in [3.05, 3.63) is 41.5 Å². The van der Waals surface area contributed by atoms with Crippen molar-refractivity contribution in [2.45, 2.75) is 33.0 Å². The van der Waals surface area contributed by atoms with E-state index in [1.165, 1.54) is 0 Å². The highest BCUT2D eigenvalue weighted by Crippen LogP contribution is 2.31. The number of unbranched alkanes of at least 4 members (excludes halogenated alkanes) is 1. The molecule has 7 nitrogen and oxygen atoms in total. The van der Waals surface area contributed by atoms with E-state index in [1.807, 2.05) is 25.1 Å². The van der Waals surface area contributed by atoms with Gasteiger partial charge in [0.15, 0.2) is 6.29 Å². The second-order valence-corrected chi connectivity index (χ2v) is 6.58. The molecule has 1 aliphatic rings. The quantitative estimate of drug-likeness (QED) is 0.232. The Morgan fingerprint density at radius 1 is 0.966 bits per heavy atom. The van der Waals surface area contributed by atoms with Crippen LogP contribution in [0.2, 0.25) is 0 Å². The van der Waals surface area contributed by atoms with Crippen molar-refractivity contribution in [2.75, 3.05) is 33.0 Å². The lowest BCUT2D eigenvalue weighted by molar-refractivity contribution is -0.174. The summed E-state index contributed by atoms with van der Waals surface area (Å²) in [6, 6.07) is 8.79. The highest BCUT2D eigenvalue weighted by molar-refractivity contribution is 6.17. The van der Waals surface area contributed by atoms with E-state index in [0.717, 1.165) is 23.6 Å². The molecule has 0 aromatic heterocycles. The number of fused-ring (bicyclic) bond motifs is 2. The summed E-state index contributed by atoms with van der Waals surface area (Å²) in [5, 5.41) is 1.54. The van der Waals surface area contributed by atoms with E-state index < -0.39 is 18.2 Å². The van der Waals surface area contributed by atoms with Crippen molar-refractivity contribution in [2.24, 2.45) is 0 Å². The van der Waals surface area contributed by atoms with E-state index in [2.05, 4.69) is 11.7 Å². The minimum atomic E-state index is -0.631. The van der Waals surface area contributed by atoms with Crippen LogP contribution in [-0.4, -0.2) is 51.3 Å². The van der Waals surface area contributed by atoms with Crippen LogP contribution in [0.15, 0.2) is 30.3 Å². The zero-order valence-electron chi connectivity index (χ0n) is 16.8. The van der Waals surface area contributed by atoms with E-state index in [-0.39, 0.29) is 11.1 Å². The monoisotopic (exact) mass is 402 g/mol. The third kappa shape index (κ3) is 5.32. The highest BCUT2D eigenvalue weighted by Gasteiger charge is 2.30. The molecule has 2 aromatic rings. The van der Waals surface area contributed by atoms with E-state index in [4.69, 9.17) is 18.9 Å². The number of carbonyl (C=O) groups excluding carboxylic acids is 2. The molecule has 3 rings (SSSR count). The summed E-state index contributed by atoms with van der Waals surface area (Å²) in [5.41, 5.74) is 0.543. The summed E-state index contributed by atoms with van der Waals surface area (Å²) in [7, 11) is 0. The molecule has 156 valence electrons. The van der Waals surface area contributed by atoms with Gasteiger partial charge in [-0.1, -0.05) is 25.5 Å². The molecule has 1 aliphatic heterocycles. The molecule has 0 aliphatic carbocycles. The van der Waals surface area contributed by atoms with Crippen LogP contribution in [0, 0.1) is 0 Å². The highest BCUT2D eigenvalue weighted by atomic mass is 16.7. The summed E-state index contributed by atoms with van der Waals surface area (Å²) in [6.07, 6.45) is 1.59. The average molecular weight is 402 g/mol. The third-order valence-electron chi connectivity index (χ3n) is 4.51. The SMILES string of the molecule is CCCCOC(COCC)OCCOc1cccc2cc3c(cc12)C(=O)OC3=O. The molecule has 0 amide bonds. The third-order valence-corrected chi connectivity index (χ3v) is 4.51. The molecule has 7 heteroatoms. The van der Waals surface area contributed by atoms with Gasteiger partial charge in [-0.05, 0) is 36.9 Å². The number of hydrogen-bond acceptors (Lipinski definition) is 7. The van der Waals surface area contributed by atoms with E-state index in [9.17, 15) is 9.59 Å². The van der Waals surface area contributed by atoms with E-state index in [0.29, 0.717) is 38.8 Å². The van der Waals surface area contributed by atoms with Crippen LogP contribution in [0.4, 0.5) is 0 Å². The Morgan fingerprint density at radius 2 is 1.72 bits per heavy atom. The Morgan fingerprint density at radius 3 is 2.48 bits per heavy atom. The molecular weight excluding hydrogens is 376 g/mol. The molecule has 0 fully saturated rings. The van der Waals surface area contributed by atoms with Gasteiger partial charge in [-0.15, -0.1) is 0 Å². The second-order valence-electron chi connectivity index (χ2n) is 6.58. The molecule has 29 heavy (non-hydrogen) atoms. The van der Waals surface area contributed by atoms with Gasteiger partial charge in [0.1, 0.15) is 12.4 Å². The lowest BCUT2D eigenvalue weighted by Crippen LogP contribution is -2.26. The lowest BCUT2D eigenvalue weighted by atomic mass is 10.0. The average Bonchev–Trinajstić information content (AvgIpc) is 3.00. The molecule has 0 saturated heterocycles. The predicted molar refractivity (Wildman–Crippen MR) is 106 cm³/mol. The van der Waals surface area contributed by atoms with Gasteiger partial charge in [0, 0.05) is 18.6 Å². The van der Waals surface area contributed by atoms with Crippen LogP contribution in [0.1, 0.15) is 47.4 Å². The van der Waals surface area contributed by atoms with Crippen molar-refractivity contribution >= 4 is 22.7 Å². The van der Waals surface area contributed by atoms with Crippen LogP contribution in [0.3, 0.4) is 0 Å². The second kappa shape index (κ2) is 10.3. The largest absolute Gasteiger partial charge is 0.491 e. The van der Waals surface area contributed by atoms with Gasteiger partial charge in [0.2, 0.25) is 0 Å². The Hall–Kier alpha value is -2.48. The lowest BCUT2D eigenvalue weighted by Gasteiger charge is -2.18. The topological polar surface area (TPSA) is 80.3 Å². The van der Waals surface area contributed by atoms with Crippen molar-refractivity contribution in [3.63, 3.8) is 0 Å². The number of ether oxygens (including phenoxy) is 5. The number of rotatable bonds is 12. The fourth-order valence-corrected chi connectivity index (χ4v) is 3.00. The first-order valence-electron chi connectivity index (χ1n) is 9.91. The maximum Gasteiger partial charge on any atom is 0.346 e. The molecular formula is C22H26O7. The summed E-state index contributed by atoms with van der Waals surface area (Å²) in [5.74, 6) is -0.641. The van der Waals surface area contributed by atoms with Crippen molar-refractivity contribution in [1.29, 1.82) is 0 Å². The van der Waals surface area contributed by atoms with E-state index >= 15 is 0 Å². The zero-order chi connectivity index (χ0) is 20.6. The van der Waals surface area contributed by atoms with Gasteiger partial charge in [0.25, 0.3) is 0 Å². The van der Waals surface area contributed by atoms with Gasteiger partial charge >= 0.3 is 11.9 Å². The molecule has 0 radical (unpaired) electrons. The van der Waals surface area contributed by atoms with Crippen LogP contribution >= 0.6 is 0 Å². The maximum atomic E-state index is 11.8. The van der Waals surface area contributed by atoms with Crippen LogP contribution < -0.4 is 4.74 Å². The Bertz CT molecular complexity index is 862. The van der Waals surface area contributed by atoms with Crippen LogP contribution in [0.25, 0.3) is 10.8 Å². The maximum absolute atomic E-state index is 11.8. The number of carbonyl (C=O) groups is 2. The molecule has 0 spiro atoms. The van der Waals surface area contributed by atoms with Gasteiger partial charge in [-0.3, -0.25) is 0 Å². The van der Waals surface area contributed by atoms with Crippen molar-refractivity contribution < 1.29 is 33.3 Å². The number of cyclic esters (lactones) is 2. The molecule has 1 heterocycles. The number of esters is 2. The van der Waals surface area contributed by atoms with Crippen LogP contribution in [-0.2, 0) is 18.9 Å². The summed E-state index contributed by atoms with van der Waals surface area (Å²) >= 11 is 0. The number of hydrogen-bond donors (Lipinski definition) is 0. The fraction of sp³-hybridized carbons (Fsp3) is 0.455. The number of benzene rings is 2. The Kier molecular flexibility index (Phi) is 7.57. The molecule has 0 N–H and O–H groups in total. The van der Waals surface area contributed by atoms with Gasteiger partial charge < -0.3 is 23.7 Å². The zero-order valence-corrected chi connectivity index (χ0v) is 16.8. The molecule has 1 unspecified atom stereocenters. The molecule has 0 bridgehead atoms. The van der Waals surface area contributed by atoms with Gasteiger partial charge in [-0.25, -0.2) is 9.59 Å². The molecule has 2 aromatic carbocycles. The van der Waals surface area contributed by atoms with Gasteiger partial charge in [-0.2, -0.15) is 0 Å². The van der Waals surface area contributed by atoms with Crippen molar-refractivity contribution in [3.8, 4) is 5.75 Å². The first-order valence-corrected chi connectivity index (χ1v) is 9.91.